The Labute approximate surface area is 151 Å². The highest BCUT2D eigenvalue weighted by Crippen LogP contribution is 2.28. The molecule has 0 spiro atoms. The summed E-state index contributed by atoms with van der Waals surface area (Å²) in [6.07, 6.45) is 3.91. The number of benzene rings is 1. The summed E-state index contributed by atoms with van der Waals surface area (Å²) >= 11 is 6.00. The fraction of sp³-hybridized carbons (Fsp3) is 0.211. The van der Waals surface area contributed by atoms with Crippen molar-refractivity contribution in [2.24, 2.45) is 0 Å². The SMILES string of the molecule is O[C@H]1CCN(c2cc(-c3ccc(Cl)cc3)nc(-c3ccncc3)n2)C1. The molecule has 3 aromatic rings. The van der Waals surface area contributed by atoms with Crippen molar-refractivity contribution in [1.29, 1.82) is 0 Å². The number of aliphatic hydroxyl groups is 1. The van der Waals surface area contributed by atoms with E-state index < -0.39 is 0 Å². The van der Waals surface area contributed by atoms with Crippen LogP contribution in [-0.4, -0.2) is 39.3 Å². The van der Waals surface area contributed by atoms with Gasteiger partial charge >= 0.3 is 0 Å². The normalized spacial score (nSPS) is 17.0. The van der Waals surface area contributed by atoms with Gasteiger partial charge in [0.1, 0.15) is 5.82 Å². The van der Waals surface area contributed by atoms with Crippen LogP contribution in [0.1, 0.15) is 6.42 Å². The minimum absolute atomic E-state index is 0.307. The topological polar surface area (TPSA) is 62.1 Å². The molecule has 2 aromatic heterocycles. The van der Waals surface area contributed by atoms with Crippen LogP contribution in [0.25, 0.3) is 22.6 Å². The maximum atomic E-state index is 9.86. The van der Waals surface area contributed by atoms with E-state index in [-0.39, 0.29) is 6.10 Å². The number of rotatable bonds is 3. The van der Waals surface area contributed by atoms with Gasteiger partial charge in [0.2, 0.25) is 0 Å². The number of nitrogens with zero attached hydrogens (tertiary/aromatic N) is 4. The lowest BCUT2D eigenvalue weighted by Gasteiger charge is -2.18. The van der Waals surface area contributed by atoms with Gasteiger partial charge in [-0.05, 0) is 30.7 Å². The Hall–Kier alpha value is -2.50. The molecule has 0 saturated carbocycles. The molecule has 4 rings (SSSR count). The van der Waals surface area contributed by atoms with Crippen LogP contribution in [-0.2, 0) is 0 Å². The summed E-state index contributed by atoms with van der Waals surface area (Å²) in [6.45, 7) is 1.38. The molecule has 1 aliphatic heterocycles. The first-order valence-corrected chi connectivity index (χ1v) is 8.55. The Morgan fingerprint density at radius 3 is 2.44 bits per heavy atom. The maximum absolute atomic E-state index is 9.86. The van der Waals surface area contributed by atoms with Crippen molar-refractivity contribution in [1.82, 2.24) is 15.0 Å². The quantitative estimate of drug-likeness (QED) is 0.782. The highest BCUT2D eigenvalue weighted by Gasteiger charge is 2.22. The van der Waals surface area contributed by atoms with Crippen molar-refractivity contribution >= 4 is 17.4 Å². The average molecular weight is 353 g/mol. The fourth-order valence-corrected chi connectivity index (χ4v) is 3.07. The summed E-state index contributed by atoms with van der Waals surface area (Å²) in [5.41, 5.74) is 2.71. The zero-order valence-corrected chi connectivity index (χ0v) is 14.3. The van der Waals surface area contributed by atoms with Gasteiger partial charge in [-0.25, -0.2) is 9.97 Å². The summed E-state index contributed by atoms with van der Waals surface area (Å²) in [5.74, 6) is 1.47. The minimum atomic E-state index is -0.307. The molecule has 6 heteroatoms. The van der Waals surface area contributed by atoms with Crippen LogP contribution in [0, 0.1) is 0 Å². The smallest absolute Gasteiger partial charge is 0.162 e. The molecule has 1 aliphatic rings. The van der Waals surface area contributed by atoms with Crippen LogP contribution < -0.4 is 4.90 Å². The van der Waals surface area contributed by atoms with Gasteiger partial charge in [0.15, 0.2) is 5.82 Å². The molecule has 0 bridgehead atoms. The molecule has 1 aromatic carbocycles. The van der Waals surface area contributed by atoms with Crippen molar-refractivity contribution in [2.45, 2.75) is 12.5 Å². The Morgan fingerprint density at radius 2 is 1.76 bits per heavy atom. The van der Waals surface area contributed by atoms with Crippen LogP contribution in [0.4, 0.5) is 5.82 Å². The Morgan fingerprint density at radius 1 is 1.00 bits per heavy atom. The third-order valence-corrected chi connectivity index (χ3v) is 4.53. The third kappa shape index (κ3) is 3.48. The maximum Gasteiger partial charge on any atom is 0.162 e. The molecular formula is C19H17ClN4O. The van der Waals surface area contributed by atoms with Crippen LogP contribution >= 0.6 is 11.6 Å². The molecule has 0 amide bonds. The zero-order valence-electron chi connectivity index (χ0n) is 13.5. The number of hydrogen-bond acceptors (Lipinski definition) is 5. The van der Waals surface area contributed by atoms with Crippen LogP contribution in [0.15, 0.2) is 54.9 Å². The number of anilines is 1. The molecule has 5 nitrogen and oxygen atoms in total. The molecule has 0 radical (unpaired) electrons. The van der Waals surface area contributed by atoms with Gasteiger partial charge < -0.3 is 10.0 Å². The van der Waals surface area contributed by atoms with E-state index in [0.29, 0.717) is 17.4 Å². The van der Waals surface area contributed by atoms with Crippen molar-refractivity contribution in [3.05, 3.63) is 59.9 Å². The molecule has 25 heavy (non-hydrogen) atoms. The minimum Gasteiger partial charge on any atom is -0.391 e. The number of β-amino-alcohol motifs (C(OH)–C–C–N with tert-alkyl or cyclic N) is 1. The van der Waals surface area contributed by atoms with Crippen molar-refractivity contribution in [3.63, 3.8) is 0 Å². The van der Waals surface area contributed by atoms with E-state index in [2.05, 4.69) is 9.88 Å². The molecule has 1 saturated heterocycles. The summed E-state index contributed by atoms with van der Waals surface area (Å²) in [5, 5.41) is 10.5. The summed E-state index contributed by atoms with van der Waals surface area (Å²) in [6, 6.07) is 13.3. The first kappa shape index (κ1) is 16.0. The summed E-state index contributed by atoms with van der Waals surface area (Å²) in [7, 11) is 0. The van der Waals surface area contributed by atoms with E-state index in [1.807, 2.05) is 42.5 Å². The Kier molecular flexibility index (Phi) is 4.34. The molecule has 0 aliphatic carbocycles. The van der Waals surface area contributed by atoms with E-state index in [0.717, 1.165) is 35.6 Å². The lowest BCUT2D eigenvalue weighted by atomic mass is 10.1. The molecule has 0 unspecified atom stereocenters. The van der Waals surface area contributed by atoms with Crippen LogP contribution in [0.5, 0.6) is 0 Å². The Bertz CT molecular complexity index is 870. The highest BCUT2D eigenvalue weighted by molar-refractivity contribution is 6.30. The number of hydrogen-bond donors (Lipinski definition) is 1. The van der Waals surface area contributed by atoms with Crippen molar-refractivity contribution in [2.75, 3.05) is 18.0 Å². The highest BCUT2D eigenvalue weighted by atomic mass is 35.5. The van der Waals surface area contributed by atoms with Gasteiger partial charge in [0, 0.05) is 47.7 Å². The van der Waals surface area contributed by atoms with Gasteiger partial charge in [-0.3, -0.25) is 4.98 Å². The molecule has 1 fully saturated rings. The van der Waals surface area contributed by atoms with E-state index in [1.54, 1.807) is 12.4 Å². The van der Waals surface area contributed by atoms with Crippen molar-refractivity contribution < 1.29 is 5.11 Å². The lowest BCUT2D eigenvalue weighted by Crippen LogP contribution is -2.22. The van der Waals surface area contributed by atoms with Crippen molar-refractivity contribution in [3.8, 4) is 22.6 Å². The van der Waals surface area contributed by atoms with Crippen LogP contribution in [0.3, 0.4) is 0 Å². The largest absolute Gasteiger partial charge is 0.391 e. The van der Waals surface area contributed by atoms with Gasteiger partial charge in [-0.15, -0.1) is 0 Å². The zero-order chi connectivity index (χ0) is 17.2. The molecule has 1 N–H and O–H groups in total. The lowest BCUT2D eigenvalue weighted by molar-refractivity contribution is 0.198. The number of halogens is 1. The predicted molar refractivity (Wildman–Crippen MR) is 98.5 cm³/mol. The van der Waals surface area contributed by atoms with E-state index in [1.165, 1.54) is 0 Å². The second-order valence-electron chi connectivity index (χ2n) is 6.07. The van der Waals surface area contributed by atoms with E-state index >= 15 is 0 Å². The van der Waals surface area contributed by atoms with E-state index in [4.69, 9.17) is 21.6 Å². The fourth-order valence-electron chi connectivity index (χ4n) is 2.94. The molecule has 1 atom stereocenters. The monoisotopic (exact) mass is 352 g/mol. The summed E-state index contributed by atoms with van der Waals surface area (Å²) in [4.78, 5) is 15.6. The second kappa shape index (κ2) is 6.78. The molecule has 126 valence electrons. The average Bonchev–Trinajstić information content (AvgIpc) is 3.09. The van der Waals surface area contributed by atoms with Crippen LogP contribution in [0.2, 0.25) is 5.02 Å². The molecular weight excluding hydrogens is 336 g/mol. The first-order valence-electron chi connectivity index (χ1n) is 8.17. The van der Waals surface area contributed by atoms with Gasteiger partial charge in [0.05, 0.1) is 11.8 Å². The van der Waals surface area contributed by atoms with Gasteiger partial charge in [-0.1, -0.05) is 23.7 Å². The standard InChI is InChI=1S/C19H17ClN4O/c20-15-3-1-13(2-4-15)17-11-18(24-10-7-16(25)12-24)23-19(22-17)14-5-8-21-9-6-14/h1-6,8-9,11,16,25H,7,10,12H2/t16-/m0/s1. The number of pyridine rings is 1. The number of aliphatic hydroxyl groups excluding tert-OH is 1. The third-order valence-electron chi connectivity index (χ3n) is 4.28. The van der Waals surface area contributed by atoms with E-state index in [9.17, 15) is 5.11 Å². The van der Waals surface area contributed by atoms with Gasteiger partial charge in [0.25, 0.3) is 0 Å². The molecule has 3 heterocycles. The number of aromatic nitrogens is 3. The summed E-state index contributed by atoms with van der Waals surface area (Å²) < 4.78 is 0. The van der Waals surface area contributed by atoms with Gasteiger partial charge in [-0.2, -0.15) is 0 Å². The second-order valence-corrected chi connectivity index (χ2v) is 6.50. The predicted octanol–water partition coefficient (Wildman–Crippen LogP) is 3.43. The Balaban J connectivity index is 1.81. The first-order chi connectivity index (χ1) is 12.2.